The van der Waals surface area contributed by atoms with Gasteiger partial charge in [0, 0.05) is 23.7 Å². The molecule has 5 heteroatoms. The molecule has 0 unspecified atom stereocenters. The summed E-state index contributed by atoms with van der Waals surface area (Å²) in [6, 6.07) is 7.82. The van der Waals surface area contributed by atoms with Crippen LogP contribution in [0.5, 0.6) is 0 Å². The van der Waals surface area contributed by atoms with E-state index in [9.17, 15) is 9.59 Å². The highest BCUT2D eigenvalue weighted by Crippen LogP contribution is 2.16. The molecule has 0 aliphatic heterocycles. The summed E-state index contributed by atoms with van der Waals surface area (Å²) in [6.07, 6.45) is 1.64. The fourth-order valence-electron chi connectivity index (χ4n) is 1.66. The van der Waals surface area contributed by atoms with Gasteiger partial charge in [-0.15, -0.1) is 0 Å². The molecule has 1 aromatic rings. The van der Waals surface area contributed by atoms with Gasteiger partial charge in [-0.1, -0.05) is 34.1 Å². The van der Waals surface area contributed by atoms with Crippen molar-refractivity contribution in [2.75, 3.05) is 13.2 Å². The van der Waals surface area contributed by atoms with Gasteiger partial charge in [0.1, 0.15) is 0 Å². The molecule has 4 nitrogen and oxygen atoms in total. The van der Waals surface area contributed by atoms with Crippen molar-refractivity contribution in [3.05, 3.63) is 34.3 Å². The monoisotopic (exact) mass is 342 g/mol. The van der Waals surface area contributed by atoms with E-state index in [4.69, 9.17) is 9.47 Å². The molecule has 0 fully saturated rings. The van der Waals surface area contributed by atoms with E-state index in [2.05, 4.69) is 15.9 Å². The minimum absolute atomic E-state index is 0.245. The fourth-order valence-corrected chi connectivity index (χ4v) is 2.14. The molecule has 0 bridgehead atoms. The highest BCUT2D eigenvalue weighted by molar-refractivity contribution is 9.10. The second-order valence-corrected chi connectivity index (χ2v) is 5.07. The lowest BCUT2D eigenvalue weighted by Gasteiger charge is -2.06. The molecule has 0 heterocycles. The van der Waals surface area contributed by atoms with E-state index in [1.54, 1.807) is 6.92 Å². The second kappa shape index (κ2) is 9.53. The maximum Gasteiger partial charge on any atom is 0.305 e. The molecule has 0 aliphatic rings. The predicted octanol–water partition coefficient (Wildman–Crippen LogP) is 3.27. The number of halogens is 1. The van der Waals surface area contributed by atoms with Gasteiger partial charge in [0.2, 0.25) is 0 Å². The van der Waals surface area contributed by atoms with Gasteiger partial charge >= 0.3 is 11.9 Å². The van der Waals surface area contributed by atoms with Crippen LogP contribution in [0.25, 0.3) is 0 Å². The van der Waals surface area contributed by atoms with E-state index in [1.165, 1.54) is 0 Å². The van der Waals surface area contributed by atoms with E-state index >= 15 is 0 Å². The molecule has 0 aromatic heterocycles. The Morgan fingerprint density at radius 2 is 1.75 bits per heavy atom. The van der Waals surface area contributed by atoms with Crippen molar-refractivity contribution < 1.29 is 19.1 Å². The number of ether oxygens (including phenoxy) is 2. The highest BCUT2D eigenvalue weighted by atomic mass is 79.9. The summed E-state index contributed by atoms with van der Waals surface area (Å²) in [5, 5.41) is 0. The van der Waals surface area contributed by atoms with Gasteiger partial charge < -0.3 is 9.47 Å². The van der Waals surface area contributed by atoms with Gasteiger partial charge in [0.05, 0.1) is 13.2 Å². The number of esters is 2. The second-order valence-electron chi connectivity index (χ2n) is 4.22. The van der Waals surface area contributed by atoms with Crippen LogP contribution < -0.4 is 0 Å². The van der Waals surface area contributed by atoms with E-state index < -0.39 is 0 Å². The lowest BCUT2D eigenvalue weighted by molar-refractivity contribution is -0.145. The van der Waals surface area contributed by atoms with Crippen molar-refractivity contribution in [1.82, 2.24) is 0 Å². The number of hydrogen-bond acceptors (Lipinski definition) is 4. The van der Waals surface area contributed by atoms with Crippen LogP contribution in [0.1, 0.15) is 31.7 Å². The number of rotatable bonds is 8. The Morgan fingerprint density at radius 3 is 2.40 bits per heavy atom. The van der Waals surface area contributed by atoms with Crippen molar-refractivity contribution in [2.24, 2.45) is 0 Å². The third-order valence-electron chi connectivity index (χ3n) is 2.66. The number of carbonyl (C=O) groups excluding carboxylic acids is 2. The average Bonchev–Trinajstić information content (AvgIpc) is 2.41. The van der Waals surface area contributed by atoms with Gasteiger partial charge in [-0.05, 0) is 25.0 Å². The average molecular weight is 343 g/mol. The predicted molar refractivity (Wildman–Crippen MR) is 79.3 cm³/mol. The largest absolute Gasteiger partial charge is 0.466 e. The molecule has 0 saturated carbocycles. The van der Waals surface area contributed by atoms with Crippen LogP contribution in [0.2, 0.25) is 0 Å². The third-order valence-corrected chi connectivity index (χ3v) is 3.43. The molecule has 0 aliphatic carbocycles. The Bertz CT molecular complexity index is 445. The van der Waals surface area contributed by atoms with E-state index in [0.717, 1.165) is 10.0 Å². The minimum atomic E-state index is -0.277. The van der Waals surface area contributed by atoms with Crippen molar-refractivity contribution in [1.29, 1.82) is 0 Å². The van der Waals surface area contributed by atoms with Crippen LogP contribution in [0.3, 0.4) is 0 Å². The summed E-state index contributed by atoms with van der Waals surface area (Å²) in [5.74, 6) is -0.546. The fraction of sp³-hybridized carbons (Fsp3) is 0.467. The molecule has 110 valence electrons. The first kappa shape index (κ1) is 16.7. The number of carbonyl (C=O) groups is 2. The molecule has 0 spiro atoms. The third kappa shape index (κ3) is 6.70. The van der Waals surface area contributed by atoms with Gasteiger partial charge in [-0.25, -0.2) is 0 Å². The Kier molecular flexibility index (Phi) is 7.95. The molecule has 0 N–H and O–H groups in total. The zero-order valence-electron chi connectivity index (χ0n) is 11.6. The maximum absolute atomic E-state index is 11.5. The normalized spacial score (nSPS) is 10.1. The Balaban J connectivity index is 2.14. The number of hydrogen-bond donors (Lipinski definition) is 0. The first-order valence-electron chi connectivity index (χ1n) is 6.68. The van der Waals surface area contributed by atoms with Crippen LogP contribution >= 0.6 is 15.9 Å². The standard InChI is InChI=1S/C15H19BrO4/c1-2-19-14(17)8-5-9-15(18)20-11-10-12-6-3-4-7-13(12)16/h3-4,6-7H,2,5,8-11H2,1H3. The Morgan fingerprint density at radius 1 is 1.10 bits per heavy atom. The van der Waals surface area contributed by atoms with Gasteiger partial charge in [0.15, 0.2) is 0 Å². The van der Waals surface area contributed by atoms with Gasteiger partial charge in [0.25, 0.3) is 0 Å². The molecule has 20 heavy (non-hydrogen) atoms. The summed E-state index contributed by atoms with van der Waals surface area (Å²) in [4.78, 5) is 22.6. The van der Waals surface area contributed by atoms with E-state index in [0.29, 0.717) is 26.1 Å². The lowest BCUT2D eigenvalue weighted by Crippen LogP contribution is -2.09. The maximum atomic E-state index is 11.5. The minimum Gasteiger partial charge on any atom is -0.466 e. The SMILES string of the molecule is CCOC(=O)CCCC(=O)OCCc1ccccc1Br. The zero-order chi connectivity index (χ0) is 14.8. The molecule has 0 radical (unpaired) electrons. The van der Waals surface area contributed by atoms with Crippen molar-refractivity contribution >= 4 is 27.9 Å². The van der Waals surface area contributed by atoms with Crippen molar-refractivity contribution in [3.8, 4) is 0 Å². The van der Waals surface area contributed by atoms with E-state index in [1.807, 2.05) is 24.3 Å². The first-order valence-corrected chi connectivity index (χ1v) is 7.47. The van der Waals surface area contributed by atoms with Crippen LogP contribution in [0.4, 0.5) is 0 Å². The molecule has 0 saturated heterocycles. The highest BCUT2D eigenvalue weighted by Gasteiger charge is 2.07. The smallest absolute Gasteiger partial charge is 0.305 e. The van der Waals surface area contributed by atoms with Crippen molar-refractivity contribution in [3.63, 3.8) is 0 Å². The summed E-state index contributed by atoms with van der Waals surface area (Å²) >= 11 is 3.44. The van der Waals surface area contributed by atoms with Crippen LogP contribution in [0.15, 0.2) is 28.7 Å². The molecular weight excluding hydrogens is 324 g/mol. The Hall–Kier alpha value is -1.36. The van der Waals surface area contributed by atoms with E-state index in [-0.39, 0.29) is 24.8 Å². The van der Waals surface area contributed by atoms with Crippen LogP contribution in [-0.2, 0) is 25.5 Å². The molecular formula is C15H19BrO4. The van der Waals surface area contributed by atoms with Crippen LogP contribution in [0, 0.1) is 0 Å². The molecule has 0 atom stereocenters. The zero-order valence-corrected chi connectivity index (χ0v) is 13.1. The van der Waals surface area contributed by atoms with Crippen molar-refractivity contribution in [2.45, 2.75) is 32.6 Å². The number of benzene rings is 1. The lowest BCUT2D eigenvalue weighted by atomic mass is 10.2. The summed E-state index contributed by atoms with van der Waals surface area (Å²) in [6.45, 7) is 2.48. The first-order chi connectivity index (χ1) is 9.63. The Labute approximate surface area is 127 Å². The molecule has 1 aromatic carbocycles. The molecule has 0 amide bonds. The topological polar surface area (TPSA) is 52.6 Å². The van der Waals surface area contributed by atoms with Gasteiger partial charge in [-0.3, -0.25) is 9.59 Å². The van der Waals surface area contributed by atoms with Gasteiger partial charge in [-0.2, -0.15) is 0 Å². The van der Waals surface area contributed by atoms with Crippen LogP contribution in [-0.4, -0.2) is 25.2 Å². The summed E-state index contributed by atoms with van der Waals surface area (Å²) in [5.41, 5.74) is 1.10. The quantitative estimate of drug-likeness (QED) is 0.680. The summed E-state index contributed by atoms with van der Waals surface area (Å²) in [7, 11) is 0. The molecule has 1 rings (SSSR count). The summed E-state index contributed by atoms with van der Waals surface area (Å²) < 4.78 is 10.9.